The van der Waals surface area contributed by atoms with Gasteiger partial charge in [0.2, 0.25) is 0 Å². The van der Waals surface area contributed by atoms with Gasteiger partial charge in [0, 0.05) is 24.9 Å². The van der Waals surface area contributed by atoms with Crippen molar-refractivity contribution in [2.24, 2.45) is 17.1 Å². The molecule has 0 fully saturated rings. The molecular weight excluding hydrogens is 381 g/mol. The van der Waals surface area contributed by atoms with E-state index in [1.165, 1.54) is 0 Å². The minimum absolute atomic E-state index is 0.0107. The lowest BCUT2D eigenvalue weighted by Crippen LogP contribution is -2.48. The van der Waals surface area contributed by atoms with E-state index < -0.39 is 11.3 Å². The molecule has 0 amide bonds. The summed E-state index contributed by atoms with van der Waals surface area (Å²) in [6, 6.07) is 11.5. The van der Waals surface area contributed by atoms with Gasteiger partial charge in [-0.05, 0) is 23.7 Å². The molecule has 1 aromatic carbocycles. The maximum atomic E-state index is 10.0. The van der Waals surface area contributed by atoms with Crippen LogP contribution in [0.1, 0.15) is 18.4 Å². The first-order valence-corrected chi connectivity index (χ1v) is 9.30. The number of rotatable bonds is 2. The van der Waals surface area contributed by atoms with Crippen molar-refractivity contribution >= 4 is 23.2 Å². The molecule has 3 rings (SSSR count). The van der Waals surface area contributed by atoms with Crippen LogP contribution in [-0.4, -0.2) is 24.5 Å². The third-order valence-electron chi connectivity index (χ3n) is 5.50. The summed E-state index contributed by atoms with van der Waals surface area (Å²) in [6.45, 7) is 4.13. The molecule has 1 aliphatic heterocycles. The average molecular weight is 398 g/mol. The lowest BCUT2D eigenvalue weighted by molar-refractivity contribution is 0.214. The number of nitrogens with two attached hydrogens (primary N) is 1. The largest absolute Gasteiger partial charge is 0.399 e. The van der Waals surface area contributed by atoms with Crippen LogP contribution in [0.2, 0.25) is 10.0 Å². The van der Waals surface area contributed by atoms with Crippen LogP contribution in [0.4, 0.5) is 0 Å². The number of benzene rings is 1. The second-order valence-corrected chi connectivity index (χ2v) is 7.46. The zero-order valence-electron chi connectivity index (χ0n) is 14.7. The van der Waals surface area contributed by atoms with E-state index in [9.17, 15) is 15.8 Å². The fourth-order valence-corrected chi connectivity index (χ4v) is 4.53. The quantitative estimate of drug-likeness (QED) is 0.818. The van der Waals surface area contributed by atoms with E-state index in [1.54, 1.807) is 18.2 Å². The number of hydrogen-bond acceptors (Lipinski definition) is 5. The second kappa shape index (κ2) is 7.26. The fourth-order valence-electron chi connectivity index (χ4n) is 4.10. The Kier molecular flexibility index (Phi) is 5.18. The van der Waals surface area contributed by atoms with Crippen molar-refractivity contribution in [3.63, 3.8) is 0 Å². The van der Waals surface area contributed by atoms with E-state index in [0.717, 1.165) is 12.1 Å². The van der Waals surface area contributed by atoms with Crippen molar-refractivity contribution in [1.82, 2.24) is 4.90 Å². The lowest BCUT2D eigenvalue weighted by atomic mass is 9.58. The molecule has 2 atom stereocenters. The van der Waals surface area contributed by atoms with Gasteiger partial charge in [-0.3, -0.25) is 4.90 Å². The van der Waals surface area contributed by atoms with Crippen molar-refractivity contribution in [3.05, 3.63) is 56.7 Å². The lowest BCUT2D eigenvalue weighted by Gasteiger charge is -2.45. The molecule has 2 N–H and O–H groups in total. The molecule has 0 saturated heterocycles. The Morgan fingerprint density at radius 3 is 2.56 bits per heavy atom. The van der Waals surface area contributed by atoms with Crippen LogP contribution in [0, 0.1) is 45.3 Å². The number of likely N-dealkylation sites (N-methyl/N-ethyl adjacent to an activating group) is 1. The first kappa shape index (κ1) is 19.3. The molecule has 2 unspecified atom stereocenters. The Bertz CT molecular complexity index is 960. The van der Waals surface area contributed by atoms with Gasteiger partial charge < -0.3 is 5.73 Å². The van der Waals surface area contributed by atoms with Crippen LogP contribution in [0.5, 0.6) is 0 Å². The standard InChI is InChI=1S/C20H17Cl2N5/c1-2-27-7-6-12-14(8-23)19(26)20(10-24,11-25)17(15(12)9-27)13-4-3-5-16(21)18(13)22/h3-6,15,17H,2,7,9,26H2,1H3. The zero-order valence-corrected chi connectivity index (χ0v) is 16.2. The van der Waals surface area contributed by atoms with Crippen LogP contribution < -0.4 is 5.73 Å². The van der Waals surface area contributed by atoms with Crippen LogP contribution in [0.3, 0.4) is 0 Å². The summed E-state index contributed by atoms with van der Waals surface area (Å²) in [4.78, 5) is 2.19. The van der Waals surface area contributed by atoms with Gasteiger partial charge in [0.25, 0.3) is 0 Å². The van der Waals surface area contributed by atoms with E-state index >= 15 is 0 Å². The molecule has 5 nitrogen and oxygen atoms in total. The van der Waals surface area contributed by atoms with Gasteiger partial charge in [-0.25, -0.2) is 0 Å². The normalized spacial score (nSPS) is 24.2. The fraction of sp³-hybridized carbons (Fsp3) is 0.350. The van der Waals surface area contributed by atoms with Crippen molar-refractivity contribution in [1.29, 1.82) is 15.8 Å². The Morgan fingerprint density at radius 2 is 1.96 bits per heavy atom. The summed E-state index contributed by atoms with van der Waals surface area (Å²) in [5.41, 5.74) is 6.16. The number of nitriles is 3. The van der Waals surface area contributed by atoms with Crippen LogP contribution in [0.15, 0.2) is 41.1 Å². The summed E-state index contributed by atoms with van der Waals surface area (Å²) in [5.74, 6) is -0.896. The molecule has 7 heteroatoms. The summed E-state index contributed by atoms with van der Waals surface area (Å²) in [7, 11) is 0. The highest BCUT2D eigenvalue weighted by Crippen LogP contribution is 2.55. The number of nitrogens with zero attached hydrogens (tertiary/aromatic N) is 4. The van der Waals surface area contributed by atoms with Crippen molar-refractivity contribution in [2.75, 3.05) is 19.6 Å². The number of allylic oxidation sites excluding steroid dienone is 2. The minimum atomic E-state index is -1.70. The molecule has 2 aliphatic rings. The molecule has 1 aromatic rings. The van der Waals surface area contributed by atoms with E-state index in [4.69, 9.17) is 28.9 Å². The Hall–Kier alpha value is -2.49. The van der Waals surface area contributed by atoms with Gasteiger partial charge in [-0.1, -0.05) is 48.3 Å². The summed E-state index contributed by atoms with van der Waals surface area (Å²) in [6.07, 6.45) is 1.97. The van der Waals surface area contributed by atoms with Gasteiger partial charge >= 0.3 is 0 Å². The Morgan fingerprint density at radius 1 is 1.26 bits per heavy atom. The highest BCUT2D eigenvalue weighted by molar-refractivity contribution is 6.42. The topological polar surface area (TPSA) is 101 Å². The monoisotopic (exact) mass is 397 g/mol. The van der Waals surface area contributed by atoms with Crippen molar-refractivity contribution in [2.45, 2.75) is 12.8 Å². The Labute approximate surface area is 168 Å². The van der Waals surface area contributed by atoms with Gasteiger partial charge in [0.15, 0.2) is 5.41 Å². The van der Waals surface area contributed by atoms with Crippen molar-refractivity contribution in [3.8, 4) is 18.2 Å². The zero-order chi connectivity index (χ0) is 19.8. The molecule has 136 valence electrons. The molecule has 1 heterocycles. The maximum Gasteiger partial charge on any atom is 0.191 e. The maximum absolute atomic E-state index is 10.0. The van der Waals surface area contributed by atoms with Crippen molar-refractivity contribution < 1.29 is 0 Å². The first-order chi connectivity index (χ1) is 12.9. The average Bonchev–Trinajstić information content (AvgIpc) is 2.69. The van der Waals surface area contributed by atoms with Gasteiger partial charge in [-0.15, -0.1) is 0 Å². The third-order valence-corrected chi connectivity index (χ3v) is 6.34. The molecular formula is C20H17Cl2N5. The van der Waals surface area contributed by atoms with Crippen LogP contribution >= 0.6 is 23.2 Å². The first-order valence-electron chi connectivity index (χ1n) is 8.54. The minimum Gasteiger partial charge on any atom is -0.399 e. The van der Waals surface area contributed by atoms with E-state index in [0.29, 0.717) is 28.7 Å². The van der Waals surface area contributed by atoms with Gasteiger partial charge in [-0.2, -0.15) is 15.8 Å². The Balaban J connectivity index is 2.36. The van der Waals surface area contributed by atoms with Gasteiger partial charge in [0.1, 0.15) is 6.07 Å². The summed E-state index contributed by atoms with van der Waals surface area (Å²) in [5, 5.41) is 30.4. The molecule has 0 saturated carbocycles. The predicted molar refractivity (Wildman–Crippen MR) is 103 cm³/mol. The van der Waals surface area contributed by atoms with Crippen LogP contribution in [0.25, 0.3) is 0 Å². The summed E-state index contributed by atoms with van der Waals surface area (Å²) >= 11 is 12.7. The summed E-state index contributed by atoms with van der Waals surface area (Å²) < 4.78 is 0. The van der Waals surface area contributed by atoms with E-state index in [-0.39, 0.29) is 17.2 Å². The van der Waals surface area contributed by atoms with Gasteiger partial charge in [0.05, 0.1) is 33.5 Å². The second-order valence-electron chi connectivity index (χ2n) is 6.67. The number of halogens is 2. The predicted octanol–water partition coefficient (Wildman–Crippen LogP) is 3.74. The number of hydrogen-bond donors (Lipinski definition) is 1. The van der Waals surface area contributed by atoms with E-state index in [2.05, 4.69) is 23.1 Å². The van der Waals surface area contributed by atoms with Crippen LogP contribution in [-0.2, 0) is 0 Å². The SMILES string of the molecule is CCN1CC=C2C(C#N)=C(N)C(C#N)(C#N)C(c3cccc(Cl)c3Cl)C2C1. The molecule has 0 aromatic heterocycles. The molecule has 0 spiro atoms. The third kappa shape index (κ3) is 2.78. The molecule has 0 bridgehead atoms. The highest BCUT2D eigenvalue weighted by atomic mass is 35.5. The highest BCUT2D eigenvalue weighted by Gasteiger charge is 2.54. The molecule has 0 radical (unpaired) electrons. The smallest absolute Gasteiger partial charge is 0.191 e. The number of fused-ring (bicyclic) bond motifs is 1. The van der Waals surface area contributed by atoms with E-state index in [1.807, 2.05) is 13.0 Å². The molecule has 27 heavy (non-hydrogen) atoms. The molecule has 1 aliphatic carbocycles.